The number of nitrogens with zero attached hydrogens (tertiary/aromatic N) is 2. The molecule has 0 bridgehead atoms. The van der Waals surface area contributed by atoms with Crippen LogP contribution in [0.15, 0.2) is 77.7 Å². The van der Waals surface area contributed by atoms with Gasteiger partial charge in [0.2, 0.25) is 11.8 Å². The molecule has 1 aliphatic carbocycles. The number of methoxy groups -OCH3 is 2. The number of anilines is 1. The molecule has 1 saturated carbocycles. The molecule has 2 amide bonds. The van der Waals surface area contributed by atoms with Gasteiger partial charge in [0.15, 0.2) is 11.5 Å². The van der Waals surface area contributed by atoms with Crippen LogP contribution in [0.1, 0.15) is 50.2 Å². The van der Waals surface area contributed by atoms with E-state index in [-0.39, 0.29) is 29.1 Å². The van der Waals surface area contributed by atoms with Gasteiger partial charge < -0.3 is 19.7 Å². The van der Waals surface area contributed by atoms with Crippen LogP contribution >= 0.6 is 0 Å². The van der Waals surface area contributed by atoms with E-state index in [0.717, 1.165) is 41.1 Å². The lowest BCUT2D eigenvalue weighted by molar-refractivity contribution is -0.140. The Morgan fingerprint density at radius 1 is 0.930 bits per heavy atom. The topological polar surface area (TPSA) is 105 Å². The first kappa shape index (κ1) is 31.9. The molecule has 1 N–H and O–H groups in total. The van der Waals surface area contributed by atoms with Gasteiger partial charge in [0.05, 0.1) is 24.8 Å². The fourth-order valence-corrected chi connectivity index (χ4v) is 6.92. The summed E-state index contributed by atoms with van der Waals surface area (Å²) in [6.45, 7) is 3.49. The standard InChI is InChI=1S/C33H41N3O6S/c1-5-29(33(38)34-26-15-11-12-16-26)35(22-25-14-10-9-13-24(25)2)32(37)23-36(27-17-7-6-8-18-27)43(39,40)28-19-20-30(41-3)31(21-28)42-4/h6-10,13-14,17-21,26,29H,5,11-12,15-16,22-23H2,1-4H3,(H,34,38)/t29-/m1/s1. The maximum atomic E-state index is 14.3. The van der Waals surface area contributed by atoms with E-state index in [1.165, 1.54) is 37.3 Å². The molecular weight excluding hydrogens is 566 g/mol. The first-order valence-corrected chi connectivity index (χ1v) is 16.1. The third-order valence-electron chi connectivity index (χ3n) is 7.96. The zero-order chi connectivity index (χ0) is 31.0. The predicted octanol–water partition coefficient (Wildman–Crippen LogP) is 5.07. The summed E-state index contributed by atoms with van der Waals surface area (Å²) in [5, 5.41) is 3.14. The maximum Gasteiger partial charge on any atom is 0.264 e. The molecule has 0 saturated heterocycles. The minimum absolute atomic E-state index is 0.0572. The molecule has 0 unspecified atom stereocenters. The highest BCUT2D eigenvalue weighted by atomic mass is 32.2. The highest BCUT2D eigenvalue weighted by molar-refractivity contribution is 7.92. The molecule has 1 aliphatic rings. The van der Waals surface area contributed by atoms with Crippen LogP contribution in [-0.4, -0.2) is 58.0 Å². The Bertz CT molecular complexity index is 1510. The van der Waals surface area contributed by atoms with Crippen molar-refractivity contribution in [2.24, 2.45) is 0 Å². The van der Waals surface area contributed by atoms with Crippen molar-refractivity contribution in [2.45, 2.75) is 69.5 Å². The van der Waals surface area contributed by atoms with E-state index >= 15 is 0 Å². The maximum absolute atomic E-state index is 14.3. The van der Waals surface area contributed by atoms with E-state index < -0.39 is 28.5 Å². The fourth-order valence-electron chi connectivity index (χ4n) is 5.49. The summed E-state index contributed by atoms with van der Waals surface area (Å²) in [7, 11) is -1.35. The van der Waals surface area contributed by atoms with Gasteiger partial charge in [0, 0.05) is 18.7 Å². The summed E-state index contributed by atoms with van der Waals surface area (Å²) in [6.07, 6.45) is 4.34. The SMILES string of the molecule is CC[C@H](C(=O)NC1CCCC1)N(Cc1ccccc1C)C(=O)CN(c1ccccc1)S(=O)(=O)c1ccc(OC)c(OC)c1. The number of rotatable bonds is 13. The highest BCUT2D eigenvalue weighted by Gasteiger charge is 2.35. The van der Waals surface area contributed by atoms with Crippen LogP contribution in [0.3, 0.4) is 0 Å². The molecule has 10 heteroatoms. The van der Waals surface area contributed by atoms with E-state index in [1.54, 1.807) is 30.3 Å². The van der Waals surface area contributed by atoms with Crippen LogP contribution in [0, 0.1) is 6.92 Å². The molecule has 0 radical (unpaired) electrons. The highest BCUT2D eigenvalue weighted by Crippen LogP contribution is 2.32. The van der Waals surface area contributed by atoms with Crippen LogP contribution in [0.25, 0.3) is 0 Å². The molecule has 0 aromatic heterocycles. The summed E-state index contributed by atoms with van der Waals surface area (Å²) in [5.41, 5.74) is 2.19. The van der Waals surface area contributed by atoms with Gasteiger partial charge in [-0.2, -0.15) is 0 Å². The average molecular weight is 608 g/mol. The monoisotopic (exact) mass is 607 g/mol. The minimum atomic E-state index is -4.24. The average Bonchev–Trinajstić information content (AvgIpc) is 3.53. The van der Waals surface area contributed by atoms with Gasteiger partial charge in [-0.1, -0.05) is 62.2 Å². The molecule has 1 fully saturated rings. The van der Waals surface area contributed by atoms with E-state index in [0.29, 0.717) is 17.9 Å². The molecule has 230 valence electrons. The summed E-state index contributed by atoms with van der Waals surface area (Å²) < 4.78 is 40.0. The van der Waals surface area contributed by atoms with Crippen LogP contribution in [0.4, 0.5) is 5.69 Å². The number of sulfonamides is 1. The molecule has 3 aromatic rings. The van der Waals surface area contributed by atoms with Gasteiger partial charge in [-0.15, -0.1) is 0 Å². The lowest BCUT2D eigenvalue weighted by Gasteiger charge is -2.34. The zero-order valence-electron chi connectivity index (χ0n) is 25.3. The molecule has 0 aliphatic heterocycles. The molecule has 1 atom stereocenters. The van der Waals surface area contributed by atoms with Gasteiger partial charge in [-0.3, -0.25) is 13.9 Å². The number of nitrogens with one attached hydrogen (secondary N) is 1. The van der Waals surface area contributed by atoms with E-state index in [2.05, 4.69) is 5.32 Å². The van der Waals surface area contributed by atoms with Crippen LogP contribution in [0.5, 0.6) is 11.5 Å². The Morgan fingerprint density at radius 2 is 1.58 bits per heavy atom. The van der Waals surface area contributed by atoms with E-state index in [9.17, 15) is 18.0 Å². The van der Waals surface area contributed by atoms with Crippen molar-refractivity contribution in [1.29, 1.82) is 0 Å². The second-order valence-corrected chi connectivity index (χ2v) is 12.6. The Morgan fingerprint density at radius 3 is 2.21 bits per heavy atom. The first-order valence-electron chi connectivity index (χ1n) is 14.6. The number of ether oxygens (including phenoxy) is 2. The normalized spacial score (nSPS) is 14.1. The van der Waals surface area contributed by atoms with E-state index in [1.807, 2.05) is 38.1 Å². The summed E-state index contributed by atoms with van der Waals surface area (Å²) in [6, 6.07) is 19.8. The van der Waals surface area contributed by atoms with Crippen molar-refractivity contribution < 1.29 is 27.5 Å². The third kappa shape index (κ3) is 7.48. The number of carbonyl (C=O) groups excluding carboxylic acids is 2. The summed E-state index contributed by atoms with van der Waals surface area (Å²) in [4.78, 5) is 29.3. The molecule has 9 nitrogen and oxygen atoms in total. The van der Waals surface area contributed by atoms with Crippen molar-refractivity contribution in [2.75, 3.05) is 25.1 Å². The Kier molecular flexibility index (Phi) is 10.7. The number of benzene rings is 3. The zero-order valence-corrected chi connectivity index (χ0v) is 26.1. The number of amides is 2. The van der Waals surface area contributed by atoms with Crippen LogP contribution in [-0.2, 0) is 26.2 Å². The van der Waals surface area contributed by atoms with Gasteiger partial charge in [-0.05, 0) is 61.6 Å². The number of aryl methyl sites for hydroxylation is 1. The van der Waals surface area contributed by atoms with Crippen molar-refractivity contribution >= 4 is 27.5 Å². The predicted molar refractivity (Wildman–Crippen MR) is 167 cm³/mol. The molecular formula is C33H41N3O6S. The molecule has 0 spiro atoms. The second-order valence-electron chi connectivity index (χ2n) is 10.7. The Balaban J connectivity index is 1.73. The lowest BCUT2D eigenvalue weighted by Crippen LogP contribution is -2.53. The Labute approximate surface area is 254 Å². The summed E-state index contributed by atoms with van der Waals surface area (Å²) in [5.74, 6) is -0.0686. The van der Waals surface area contributed by atoms with Crippen molar-refractivity contribution in [1.82, 2.24) is 10.2 Å². The molecule has 0 heterocycles. The van der Waals surface area contributed by atoms with Gasteiger partial charge in [0.1, 0.15) is 12.6 Å². The van der Waals surface area contributed by atoms with Crippen molar-refractivity contribution in [3.8, 4) is 11.5 Å². The van der Waals surface area contributed by atoms with Crippen LogP contribution in [0.2, 0.25) is 0 Å². The van der Waals surface area contributed by atoms with Gasteiger partial charge >= 0.3 is 0 Å². The van der Waals surface area contributed by atoms with E-state index in [4.69, 9.17) is 9.47 Å². The number of hydrogen-bond donors (Lipinski definition) is 1. The molecule has 43 heavy (non-hydrogen) atoms. The lowest BCUT2D eigenvalue weighted by atomic mass is 10.1. The quantitative estimate of drug-likeness (QED) is 0.291. The first-order chi connectivity index (χ1) is 20.7. The molecule has 3 aromatic carbocycles. The number of hydrogen-bond acceptors (Lipinski definition) is 6. The second kappa shape index (κ2) is 14.4. The van der Waals surface area contributed by atoms with Gasteiger partial charge in [-0.25, -0.2) is 8.42 Å². The van der Waals surface area contributed by atoms with Crippen molar-refractivity contribution in [3.05, 3.63) is 83.9 Å². The van der Waals surface area contributed by atoms with Crippen LogP contribution < -0.4 is 19.1 Å². The number of carbonyl (C=O) groups is 2. The largest absolute Gasteiger partial charge is 0.493 e. The minimum Gasteiger partial charge on any atom is -0.493 e. The molecule has 4 rings (SSSR count). The smallest absolute Gasteiger partial charge is 0.264 e. The number of para-hydroxylation sites is 1. The third-order valence-corrected chi connectivity index (χ3v) is 9.73. The summed E-state index contributed by atoms with van der Waals surface area (Å²) >= 11 is 0. The fraction of sp³-hybridized carbons (Fsp3) is 0.394. The Hall–Kier alpha value is -4.05. The van der Waals surface area contributed by atoms with Crippen molar-refractivity contribution in [3.63, 3.8) is 0 Å². The van der Waals surface area contributed by atoms with Gasteiger partial charge in [0.25, 0.3) is 10.0 Å².